The quantitative estimate of drug-likeness (QED) is 0.863. The van der Waals surface area contributed by atoms with Gasteiger partial charge in [-0.05, 0) is 45.3 Å². The normalized spacial score (nSPS) is 34.0. The Morgan fingerprint density at radius 2 is 2.10 bits per heavy atom. The Labute approximate surface area is 125 Å². The highest BCUT2D eigenvalue weighted by molar-refractivity contribution is 7.90. The van der Waals surface area contributed by atoms with Crippen LogP contribution in [0.2, 0.25) is 0 Å². The lowest BCUT2D eigenvalue weighted by molar-refractivity contribution is 0.0311. The molecule has 6 heteroatoms. The Bertz CT molecular complexity index is 542. The summed E-state index contributed by atoms with van der Waals surface area (Å²) in [6.45, 7) is 3.15. The molecule has 1 N–H and O–H groups in total. The second-order valence-corrected chi connectivity index (χ2v) is 8.50. The SMILES string of the molecule is CC(C)S(=O)(=O)N[C@H]1CCCC[C@]1(F)C1C=CC(F)=CC1. The van der Waals surface area contributed by atoms with E-state index in [9.17, 15) is 12.8 Å². The van der Waals surface area contributed by atoms with Gasteiger partial charge < -0.3 is 0 Å². The molecule has 3 nitrogen and oxygen atoms in total. The van der Waals surface area contributed by atoms with Crippen LogP contribution in [0.4, 0.5) is 8.78 Å². The van der Waals surface area contributed by atoms with Gasteiger partial charge in [-0.2, -0.15) is 0 Å². The van der Waals surface area contributed by atoms with Crippen molar-refractivity contribution in [2.45, 2.75) is 62.9 Å². The van der Waals surface area contributed by atoms with Gasteiger partial charge in [0.2, 0.25) is 10.0 Å². The molecule has 1 unspecified atom stereocenters. The van der Waals surface area contributed by atoms with Crippen molar-refractivity contribution in [2.24, 2.45) is 5.92 Å². The van der Waals surface area contributed by atoms with Gasteiger partial charge in [-0.1, -0.05) is 18.9 Å². The zero-order valence-corrected chi connectivity index (χ0v) is 13.3. The first-order valence-corrected chi connectivity index (χ1v) is 9.04. The van der Waals surface area contributed by atoms with Crippen molar-refractivity contribution < 1.29 is 17.2 Å². The fourth-order valence-corrected chi connectivity index (χ4v) is 4.03. The Morgan fingerprint density at radius 1 is 1.38 bits per heavy atom. The minimum atomic E-state index is -3.52. The van der Waals surface area contributed by atoms with Gasteiger partial charge in [0.1, 0.15) is 11.5 Å². The Balaban J connectivity index is 2.21. The van der Waals surface area contributed by atoms with Gasteiger partial charge in [-0.15, -0.1) is 0 Å². The molecule has 0 aromatic carbocycles. The van der Waals surface area contributed by atoms with Gasteiger partial charge in [-0.3, -0.25) is 0 Å². The smallest absolute Gasteiger partial charge is 0.214 e. The predicted octanol–water partition coefficient (Wildman–Crippen LogP) is 3.39. The molecule has 2 aliphatic rings. The lowest BCUT2D eigenvalue weighted by Gasteiger charge is -2.42. The van der Waals surface area contributed by atoms with E-state index in [1.54, 1.807) is 13.8 Å². The maximum atomic E-state index is 15.5. The Hall–Kier alpha value is -0.750. The minimum absolute atomic E-state index is 0.277. The van der Waals surface area contributed by atoms with Gasteiger partial charge in [0.15, 0.2) is 0 Å². The van der Waals surface area contributed by atoms with Crippen molar-refractivity contribution in [3.05, 3.63) is 24.1 Å². The van der Waals surface area contributed by atoms with Crippen LogP contribution in [0.5, 0.6) is 0 Å². The highest BCUT2D eigenvalue weighted by Crippen LogP contribution is 2.42. The fraction of sp³-hybridized carbons (Fsp3) is 0.733. The summed E-state index contributed by atoms with van der Waals surface area (Å²) in [6, 6.07) is -0.733. The third kappa shape index (κ3) is 3.54. The average molecular weight is 319 g/mol. The largest absolute Gasteiger partial charge is 0.241 e. The molecule has 0 amide bonds. The van der Waals surface area contributed by atoms with E-state index in [2.05, 4.69) is 4.72 Å². The molecule has 21 heavy (non-hydrogen) atoms. The lowest BCUT2D eigenvalue weighted by Crippen LogP contribution is -2.56. The van der Waals surface area contributed by atoms with Crippen molar-refractivity contribution in [1.82, 2.24) is 4.72 Å². The molecule has 0 bridgehead atoms. The van der Waals surface area contributed by atoms with E-state index in [0.29, 0.717) is 12.8 Å². The Kier molecular flexibility index (Phi) is 4.88. The van der Waals surface area contributed by atoms with Crippen molar-refractivity contribution in [3.63, 3.8) is 0 Å². The summed E-state index contributed by atoms with van der Waals surface area (Å²) < 4.78 is 55.2. The first kappa shape index (κ1) is 16.6. The standard InChI is InChI=1S/C15H23F2NO2S/c1-11(2)21(19,20)18-14-5-3-4-10-15(14,17)12-6-8-13(16)9-7-12/h6,8-9,11-12,14,18H,3-5,7,10H2,1-2H3/t12?,14-,15-/m0/s1. The van der Waals surface area contributed by atoms with Crippen LogP contribution < -0.4 is 4.72 Å². The van der Waals surface area contributed by atoms with Crippen molar-refractivity contribution in [3.8, 4) is 0 Å². The molecule has 0 aromatic heterocycles. The van der Waals surface area contributed by atoms with Crippen LogP contribution in [-0.4, -0.2) is 25.4 Å². The molecule has 0 spiro atoms. The zero-order chi connectivity index (χ0) is 15.7. The molecule has 1 fully saturated rings. The molecular formula is C15H23F2NO2S. The highest BCUT2D eigenvalue weighted by Gasteiger charge is 2.48. The van der Waals surface area contributed by atoms with Crippen molar-refractivity contribution in [1.29, 1.82) is 0 Å². The third-order valence-electron chi connectivity index (χ3n) is 4.48. The first-order chi connectivity index (χ1) is 9.75. The maximum Gasteiger partial charge on any atom is 0.214 e. The van der Waals surface area contributed by atoms with Crippen molar-refractivity contribution >= 4 is 10.0 Å². The molecule has 120 valence electrons. The van der Waals surface area contributed by atoms with Gasteiger partial charge in [0.25, 0.3) is 0 Å². The van der Waals surface area contributed by atoms with Gasteiger partial charge in [-0.25, -0.2) is 21.9 Å². The first-order valence-electron chi connectivity index (χ1n) is 7.49. The van der Waals surface area contributed by atoms with Crippen LogP contribution in [0, 0.1) is 5.92 Å². The van der Waals surface area contributed by atoms with Crippen LogP contribution >= 0.6 is 0 Å². The number of hydrogen-bond donors (Lipinski definition) is 1. The molecule has 1 saturated carbocycles. The summed E-state index contributed by atoms with van der Waals surface area (Å²) in [5, 5.41) is -0.595. The third-order valence-corrected chi connectivity index (χ3v) is 6.33. The summed E-state index contributed by atoms with van der Waals surface area (Å²) in [5.41, 5.74) is -1.64. The predicted molar refractivity (Wildman–Crippen MR) is 79.7 cm³/mol. The van der Waals surface area contributed by atoms with Crippen LogP contribution in [0.15, 0.2) is 24.1 Å². The number of allylic oxidation sites excluding steroid dienone is 4. The highest BCUT2D eigenvalue weighted by atomic mass is 32.2. The second kappa shape index (κ2) is 6.16. The minimum Gasteiger partial charge on any atom is -0.241 e. The number of alkyl halides is 1. The zero-order valence-electron chi connectivity index (χ0n) is 12.5. The molecule has 0 saturated heterocycles. The average Bonchev–Trinajstić information content (AvgIpc) is 2.42. The van der Waals surface area contributed by atoms with E-state index in [-0.39, 0.29) is 12.2 Å². The summed E-state index contributed by atoms with van der Waals surface area (Å²) in [4.78, 5) is 0. The molecule has 0 radical (unpaired) electrons. The molecule has 0 heterocycles. The second-order valence-electron chi connectivity index (χ2n) is 6.23. The monoisotopic (exact) mass is 319 g/mol. The maximum absolute atomic E-state index is 15.5. The van der Waals surface area contributed by atoms with E-state index in [1.807, 2.05) is 0 Å². The van der Waals surface area contributed by atoms with Gasteiger partial charge >= 0.3 is 0 Å². The van der Waals surface area contributed by atoms with Crippen LogP contribution in [0.3, 0.4) is 0 Å². The molecule has 2 rings (SSSR count). The molecular weight excluding hydrogens is 296 g/mol. The number of sulfonamides is 1. The van der Waals surface area contributed by atoms with Crippen molar-refractivity contribution in [2.75, 3.05) is 0 Å². The molecule has 2 aliphatic carbocycles. The van der Waals surface area contributed by atoms with Crippen LogP contribution in [0.25, 0.3) is 0 Å². The number of nitrogens with one attached hydrogen (secondary N) is 1. The molecule has 3 atom stereocenters. The van der Waals surface area contributed by atoms with E-state index >= 15 is 4.39 Å². The molecule has 0 aromatic rings. The topological polar surface area (TPSA) is 46.2 Å². The number of rotatable bonds is 4. The number of halogens is 2. The lowest BCUT2D eigenvalue weighted by atomic mass is 9.72. The van der Waals surface area contributed by atoms with E-state index < -0.39 is 32.9 Å². The van der Waals surface area contributed by atoms with E-state index in [4.69, 9.17) is 0 Å². The fourth-order valence-electron chi connectivity index (χ4n) is 3.04. The Morgan fingerprint density at radius 3 is 2.67 bits per heavy atom. The van der Waals surface area contributed by atoms with Crippen LogP contribution in [-0.2, 0) is 10.0 Å². The summed E-state index contributed by atoms with van der Waals surface area (Å²) in [7, 11) is -3.52. The van der Waals surface area contributed by atoms with Gasteiger partial charge in [0.05, 0.1) is 11.3 Å². The number of hydrogen-bond acceptors (Lipinski definition) is 2. The summed E-state index contributed by atoms with van der Waals surface area (Å²) >= 11 is 0. The summed E-state index contributed by atoms with van der Waals surface area (Å²) in [6.07, 6.45) is 6.79. The van der Waals surface area contributed by atoms with E-state index in [0.717, 1.165) is 12.8 Å². The molecule has 0 aliphatic heterocycles. The summed E-state index contributed by atoms with van der Waals surface area (Å²) in [5.74, 6) is -0.831. The van der Waals surface area contributed by atoms with E-state index in [1.165, 1.54) is 18.2 Å². The van der Waals surface area contributed by atoms with Gasteiger partial charge in [0, 0.05) is 5.92 Å². The van der Waals surface area contributed by atoms with Crippen LogP contribution in [0.1, 0.15) is 46.0 Å².